The van der Waals surface area contributed by atoms with Crippen LogP contribution in [0, 0.1) is 0 Å². The minimum Gasteiger partial charge on any atom is -0.314 e. The summed E-state index contributed by atoms with van der Waals surface area (Å²) in [6.07, 6.45) is -0.521. The summed E-state index contributed by atoms with van der Waals surface area (Å²) in [7, 11) is 0. The summed E-state index contributed by atoms with van der Waals surface area (Å²) < 4.78 is 37.0. The van der Waals surface area contributed by atoms with Crippen molar-refractivity contribution in [3.8, 4) is 0 Å². The number of hydrogen-bond acceptors (Lipinski definition) is 2. The van der Waals surface area contributed by atoms with Gasteiger partial charge in [0.2, 0.25) is 0 Å². The molecule has 110 valence electrons. The van der Waals surface area contributed by atoms with Crippen molar-refractivity contribution < 1.29 is 13.2 Å². The molecule has 0 aliphatic carbocycles. The summed E-state index contributed by atoms with van der Waals surface area (Å²) >= 11 is 0. The quantitative estimate of drug-likeness (QED) is 0.653. The highest BCUT2D eigenvalue weighted by Gasteiger charge is 2.30. The zero-order valence-electron chi connectivity index (χ0n) is 11.8. The molecule has 0 spiro atoms. The number of nitrogens with one attached hydrogen (secondary N) is 1. The van der Waals surface area contributed by atoms with Crippen molar-refractivity contribution in [1.29, 1.82) is 0 Å². The molecule has 5 heteroatoms. The van der Waals surface area contributed by atoms with Crippen molar-refractivity contribution in [2.45, 2.75) is 58.7 Å². The lowest BCUT2D eigenvalue weighted by Crippen LogP contribution is -2.36. The lowest BCUT2D eigenvalue weighted by molar-refractivity contribution is -0.146. The van der Waals surface area contributed by atoms with E-state index in [1.54, 1.807) is 0 Å². The molecule has 1 atom stereocenters. The Hall–Kier alpha value is -0.290. The zero-order valence-corrected chi connectivity index (χ0v) is 11.8. The normalized spacial score (nSPS) is 14.2. The van der Waals surface area contributed by atoms with E-state index in [2.05, 4.69) is 19.2 Å². The molecule has 0 aliphatic heterocycles. The standard InChI is InChI=1S/C13H27F3N2/c1-4-9-18(11-13(14,15)16)10-7-8-12(5-2)17-6-3/h12,17H,4-11H2,1-3H3. The van der Waals surface area contributed by atoms with Crippen LogP contribution in [0.2, 0.25) is 0 Å². The largest absolute Gasteiger partial charge is 0.401 e. The van der Waals surface area contributed by atoms with Crippen LogP contribution < -0.4 is 5.32 Å². The molecule has 0 rings (SSSR count). The average Bonchev–Trinajstić information content (AvgIpc) is 2.26. The molecule has 0 amide bonds. The Bertz CT molecular complexity index is 195. The van der Waals surface area contributed by atoms with Crippen molar-refractivity contribution in [3.63, 3.8) is 0 Å². The molecule has 18 heavy (non-hydrogen) atoms. The second kappa shape index (κ2) is 9.62. The van der Waals surface area contributed by atoms with Crippen molar-refractivity contribution in [1.82, 2.24) is 10.2 Å². The molecular formula is C13H27F3N2. The SMILES string of the molecule is CCCN(CCCC(CC)NCC)CC(F)(F)F. The van der Waals surface area contributed by atoms with Crippen molar-refractivity contribution in [2.24, 2.45) is 0 Å². The van der Waals surface area contributed by atoms with Gasteiger partial charge in [-0.05, 0) is 45.3 Å². The van der Waals surface area contributed by atoms with Crippen LogP contribution in [0.1, 0.15) is 46.5 Å². The van der Waals surface area contributed by atoms with Crippen LogP contribution in [0.3, 0.4) is 0 Å². The first kappa shape index (κ1) is 17.7. The fourth-order valence-electron chi connectivity index (χ4n) is 2.14. The van der Waals surface area contributed by atoms with Gasteiger partial charge in [-0.3, -0.25) is 4.90 Å². The Labute approximate surface area is 109 Å². The van der Waals surface area contributed by atoms with Gasteiger partial charge in [-0.25, -0.2) is 0 Å². The molecular weight excluding hydrogens is 241 g/mol. The highest BCUT2D eigenvalue weighted by molar-refractivity contribution is 4.67. The third kappa shape index (κ3) is 9.71. The monoisotopic (exact) mass is 268 g/mol. The average molecular weight is 268 g/mol. The van der Waals surface area contributed by atoms with Crippen LogP contribution in [0.25, 0.3) is 0 Å². The molecule has 0 heterocycles. The lowest BCUT2D eigenvalue weighted by atomic mass is 10.1. The summed E-state index contributed by atoms with van der Waals surface area (Å²) in [4.78, 5) is 1.51. The van der Waals surface area contributed by atoms with E-state index in [9.17, 15) is 13.2 Å². The zero-order chi connectivity index (χ0) is 14.0. The predicted octanol–water partition coefficient (Wildman–Crippen LogP) is 3.43. The molecule has 2 nitrogen and oxygen atoms in total. The first-order valence-electron chi connectivity index (χ1n) is 6.95. The van der Waals surface area contributed by atoms with E-state index in [1.165, 1.54) is 4.90 Å². The third-order valence-electron chi connectivity index (χ3n) is 2.96. The minimum absolute atomic E-state index is 0.435. The second-order valence-corrected chi connectivity index (χ2v) is 4.70. The van der Waals surface area contributed by atoms with E-state index in [-0.39, 0.29) is 0 Å². The first-order chi connectivity index (χ1) is 8.42. The van der Waals surface area contributed by atoms with Gasteiger partial charge in [-0.1, -0.05) is 20.8 Å². The van der Waals surface area contributed by atoms with Crippen LogP contribution in [-0.2, 0) is 0 Å². The van der Waals surface area contributed by atoms with Crippen molar-refractivity contribution in [2.75, 3.05) is 26.2 Å². The van der Waals surface area contributed by atoms with E-state index in [0.29, 0.717) is 19.1 Å². The molecule has 0 radical (unpaired) electrons. The van der Waals surface area contributed by atoms with E-state index in [4.69, 9.17) is 0 Å². The van der Waals surface area contributed by atoms with E-state index < -0.39 is 12.7 Å². The molecule has 0 bridgehead atoms. The van der Waals surface area contributed by atoms with Gasteiger partial charge in [0.1, 0.15) is 0 Å². The van der Waals surface area contributed by atoms with Crippen LogP contribution in [0.5, 0.6) is 0 Å². The molecule has 0 fully saturated rings. The number of alkyl halides is 3. The highest BCUT2D eigenvalue weighted by atomic mass is 19.4. The van der Waals surface area contributed by atoms with Crippen molar-refractivity contribution >= 4 is 0 Å². The topological polar surface area (TPSA) is 15.3 Å². The van der Waals surface area contributed by atoms with Gasteiger partial charge in [0.25, 0.3) is 0 Å². The van der Waals surface area contributed by atoms with Gasteiger partial charge < -0.3 is 5.32 Å². The van der Waals surface area contributed by atoms with E-state index in [0.717, 1.165) is 32.2 Å². The van der Waals surface area contributed by atoms with Gasteiger partial charge in [0.15, 0.2) is 0 Å². The van der Waals surface area contributed by atoms with Gasteiger partial charge in [0.05, 0.1) is 6.54 Å². The summed E-state index contributed by atoms with van der Waals surface area (Å²) in [5.74, 6) is 0. The Balaban J connectivity index is 3.95. The molecule has 0 aromatic rings. The maximum atomic E-state index is 12.3. The lowest BCUT2D eigenvalue weighted by Gasteiger charge is -2.24. The molecule has 0 aliphatic rings. The molecule has 0 aromatic heterocycles. The van der Waals surface area contributed by atoms with Crippen LogP contribution in [0.15, 0.2) is 0 Å². The van der Waals surface area contributed by atoms with Gasteiger partial charge in [-0.2, -0.15) is 13.2 Å². The summed E-state index contributed by atoms with van der Waals surface area (Å²) in [5.41, 5.74) is 0. The van der Waals surface area contributed by atoms with E-state index >= 15 is 0 Å². The second-order valence-electron chi connectivity index (χ2n) is 4.70. The predicted molar refractivity (Wildman–Crippen MR) is 69.8 cm³/mol. The molecule has 1 N–H and O–H groups in total. The fraction of sp³-hybridized carbons (Fsp3) is 1.00. The molecule has 1 unspecified atom stereocenters. The van der Waals surface area contributed by atoms with E-state index in [1.807, 2.05) is 6.92 Å². The van der Waals surface area contributed by atoms with Crippen LogP contribution in [0.4, 0.5) is 13.2 Å². The molecule has 0 saturated carbocycles. The van der Waals surface area contributed by atoms with Crippen molar-refractivity contribution in [3.05, 3.63) is 0 Å². The highest BCUT2D eigenvalue weighted by Crippen LogP contribution is 2.17. The molecule has 0 aromatic carbocycles. The third-order valence-corrected chi connectivity index (χ3v) is 2.96. The first-order valence-corrected chi connectivity index (χ1v) is 6.95. The summed E-state index contributed by atoms with van der Waals surface area (Å²) in [6.45, 7) is 7.27. The van der Waals surface area contributed by atoms with Gasteiger partial charge in [-0.15, -0.1) is 0 Å². The number of hydrogen-bond donors (Lipinski definition) is 1. The Morgan fingerprint density at radius 3 is 2.22 bits per heavy atom. The van der Waals surface area contributed by atoms with Crippen LogP contribution >= 0.6 is 0 Å². The number of nitrogens with zero attached hydrogens (tertiary/aromatic N) is 1. The van der Waals surface area contributed by atoms with Crippen LogP contribution in [-0.4, -0.2) is 43.3 Å². The maximum absolute atomic E-state index is 12.3. The smallest absolute Gasteiger partial charge is 0.314 e. The summed E-state index contributed by atoms with van der Waals surface area (Å²) in [5, 5.41) is 3.35. The fourth-order valence-corrected chi connectivity index (χ4v) is 2.14. The van der Waals surface area contributed by atoms with Gasteiger partial charge in [0, 0.05) is 6.04 Å². The number of halogens is 3. The Morgan fingerprint density at radius 1 is 1.11 bits per heavy atom. The molecule has 0 saturated heterocycles. The maximum Gasteiger partial charge on any atom is 0.401 e. The Morgan fingerprint density at radius 2 is 1.78 bits per heavy atom. The number of rotatable bonds is 10. The minimum atomic E-state index is -4.08. The Kier molecular flexibility index (Phi) is 9.46. The van der Waals surface area contributed by atoms with Gasteiger partial charge >= 0.3 is 6.18 Å². The summed E-state index contributed by atoms with van der Waals surface area (Å²) in [6, 6.07) is 0.435.